The number of aliphatic hydroxyl groups excluding tert-OH is 1. The minimum Gasteiger partial charge on any atom is -0.497 e. The van der Waals surface area contributed by atoms with E-state index in [1.54, 1.807) is 7.11 Å². The molecule has 0 aromatic heterocycles. The van der Waals surface area contributed by atoms with Crippen molar-refractivity contribution in [2.45, 2.75) is 26.0 Å². The van der Waals surface area contributed by atoms with Crippen LogP contribution < -0.4 is 10.1 Å². The Kier molecular flexibility index (Phi) is 6.72. The molecule has 4 nitrogen and oxygen atoms in total. The molecule has 102 valence electrons. The van der Waals surface area contributed by atoms with Gasteiger partial charge in [0.15, 0.2) is 0 Å². The van der Waals surface area contributed by atoms with Gasteiger partial charge in [-0.05, 0) is 31.2 Å². The molecule has 0 spiro atoms. The second-order valence-corrected chi connectivity index (χ2v) is 4.04. The fourth-order valence-corrected chi connectivity index (χ4v) is 1.80. The standard InChI is InChI=1S/C14H23NO3/c1-4-15-13(10-18-5-2)14(16)11-6-8-12(17-3)9-7-11/h6-9,13-16H,4-5,10H2,1-3H3/t13-,14+/m0/s1. The van der Waals surface area contributed by atoms with Crippen molar-refractivity contribution in [2.75, 3.05) is 26.9 Å². The lowest BCUT2D eigenvalue weighted by atomic mass is 10.0. The number of nitrogens with one attached hydrogen (secondary N) is 1. The first-order chi connectivity index (χ1) is 8.72. The molecule has 0 unspecified atom stereocenters. The van der Waals surface area contributed by atoms with E-state index in [0.717, 1.165) is 17.9 Å². The van der Waals surface area contributed by atoms with Crippen molar-refractivity contribution in [3.63, 3.8) is 0 Å². The van der Waals surface area contributed by atoms with Crippen LogP contribution in [0.15, 0.2) is 24.3 Å². The average Bonchev–Trinajstić information content (AvgIpc) is 2.43. The summed E-state index contributed by atoms with van der Waals surface area (Å²) >= 11 is 0. The maximum atomic E-state index is 10.3. The number of hydrogen-bond acceptors (Lipinski definition) is 4. The Morgan fingerprint density at radius 3 is 2.39 bits per heavy atom. The fraction of sp³-hybridized carbons (Fsp3) is 0.571. The third-order valence-electron chi connectivity index (χ3n) is 2.81. The molecule has 0 aliphatic rings. The third kappa shape index (κ3) is 4.29. The average molecular weight is 253 g/mol. The minimum absolute atomic E-state index is 0.0941. The zero-order valence-corrected chi connectivity index (χ0v) is 11.3. The highest BCUT2D eigenvalue weighted by Gasteiger charge is 2.20. The van der Waals surface area contributed by atoms with Crippen LogP contribution in [-0.4, -0.2) is 38.0 Å². The lowest BCUT2D eigenvalue weighted by Crippen LogP contribution is -2.38. The molecule has 1 aromatic carbocycles. The molecule has 0 radical (unpaired) electrons. The van der Waals surface area contributed by atoms with Crippen molar-refractivity contribution >= 4 is 0 Å². The van der Waals surface area contributed by atoms with Gasteiger partial charge in [-0.25, -0.2) is 0 Å². The highest BCUT2D eigenvalue weighted by Crippen LogP contribution is 2.20. The topological polar surface area (TPSA) is 50.7 Å². The molecule has 0 aliphatic carbocycles. The molecular formula is C14H23NO3. The summed E-state index contributed by atoms with van der Waals surface area (Å²) in [5, 5.41) is 13.6. The Hall–Kier alpha value is -1.10. The van der Waals surface area contributed by atoms with E-state index in [-0.39, 0.29) is 6.04 Å². The fourth-order valence-electron chi connectivity index (χ4n) is 1.80. The maximum Gasteiger partial charge on any atom is 0.118 e. The van der Waals surface area contributed by atoms with Crippen LogP contribution in [0.1, 0.15) is 25.5 Å². The Bertz CT molecular complexity index is 326. The molecule has 0 fully saturated rings. The first-order valence-corrected chi connectivity index (χ1v) is 6.36. The molecular weight excluding hydrogens is 230 g/mol. The summed E-state index contributed by atoms with van der Waals surface area (Å²) in [5.41, 5.74) is 0.862. The van der Waals surface area contributed by atoms with Gasteiger partial charge in [-0.1, -0.05) is 19.1 Å². The molecule has 2 N–H and O–H groups in total. The van der Waals surface area contributed by atoms with E-state index in [0.29, 0.717) is 13.2 Å². The van der Waals surface area contributed by atoms with Gasteiger partial charge in [-0.3, -0.25) is 0 Å². The Balaban J connectivity index is 2.70. The van der Waals surface area contributed by atoms with Gasteiger partial charge in [0.2, 0.25) is 0 Å². The molecule has 0 saturated heterocycles. The van der Waals surface area contributed by atoms with E-state index >= 15 is 0 Å². The largest absolute Gasteiger partial charge is 0.497 e. The highest BCUT2D eigenvalue weighted by atomic mass is 16.5. The van der Waals surface area contributed by atoms with E-state index < -0.39 is 6.10 Å². The van der Waals surface area contributed by atoms with Gasteiger partial charge in [-0.15, -0.1) is 0 Å². The van der Waals surface area contributed by atoms with Gasteiger partial charge in [0.1, 0.15) is 5.75 Å². The first kappa shape index (κ1) is 15.0. The summed E-state index contributed by atoms with van der Waals surface area (Å²) in [6.45, 7) is 5.90. The van der Waals surface area contributed by atoms with Crippen molar-refractivity contribution in [1.29, 1.82) is 0 Å². The highest BCUT2D eigenvalue weighted by molar-refractivity contribution is 5.29. The summed E-state index contributed by atoms with van der Waals surface area (Å²) < 4.78 is 10.5. The summed E-state index contributed by atoms with van der Waals surface area (Å²) in [5.74, 6) is 0.788. The monoisotopic (exact) mass is 253 g/mol. The van der Waals surface area contributed by atoms with E-state index in [1.165, 1.54) is 0 Å². The van der Waals surface area contributed by atoms with Gasteiger partial charge in [0.05, 0.1) is 25.9 Å². The van der Waals surface area contributed by atoms with Crippen molar-refractivity contribution in [2.24, 2.45) is 0 Å². The Morgan fingerprint density at radius 2 is 1.89 bits per heavy atom. The lowest BCUT2D eigenvalue weighted by molar-refractivity contribution is 0.0533. The van der Waals surface area contributed by atoms with Crippen LogP contribution in [-0.2, 0) is 4.74 Å². The normalized spacial score (nSPS) is 14.2. The van der Waals surface area contributed by atoms with E-state index in [1.807, 2.05) is 38.1 Å². The quantitative estimate of drug-likeness (QED) is 0.741. The van der Waals surface area contributed by atoms with E-state index in [9.17, 15) is 5.11 Å². The zero-order valence-electron chi connectivity index (χ0n) is 11.3. The van der Waals surface area contributed by atoms with Gasteiger partial charge in [0, 0.05) is 6.61 Å². The molecule has 0 saturated carbocycles. The summed E-state index contributed by atoms with van der Waals surface area (Å²) in [7, 11) is 1.63. The second-order valence-electron chi connectivity index (χ2n) is 4.04. The van der Waals surface area contributed by atoms with Gasteiger partial charge in [-0.2, -0.15) is 0 Å². The third-order valence-corrected chi connectivity index (χ3v) is 2.81. The summed E-state index contributed by atoms with van der Waals surface area (Å²) in [4.78, 5) is 0. The maximum absolute atomic E-state index is 10.3. The van der Waals surface area contributed by atoms with Crippen LogP contribution in [0.2, 0.25) is 0 Å². The van der Waals surface area contributed by atoms with Gasteiger partial charge >= 0.3 is 0 Å². The van der Waals surface area contributed by atoms with Crippen LogP contribution in [0.4, 0.5) is 0 Å². The summed E-state index contributed by atoms with van der Waals surface area (Å²) in [6.07, 6.45) is -0.581. The number of benzene rings is 1. The zero-order chi connectivity index (χ0) is 13.4. The van der Waals surface area contributed by atoms with E-state index in [4.69, 9.17) is 9.47 Å². The first-order valence-electron chi connectivity index (χ1n) is 6.36. The van der Waals surface area contributed by atoms with E-state index in [2.05, 4.69) is 5.32 Å². The molecule has 0 amide bonds. The molecule has 0 aliphatic heterocycles. The predicted octanol–water partition coefficient (Wildman–Crippen LogP) is 1.74. The van der Waals surface area contributed by atoms with Crippen LogP contribution in [0, 0.1) is 0 Å². The van der Waals surface area contributed by atoms with Gasteiger partial charge in [0.25, 0.3) is 0 Å². The molecule has 4 heteroatoms. The van der Waals surface area contributed by atoms with Crippen LogP contribution in [0.25, 0.3) is 0 Å². The number of rotatable bonds is 8. The SMILES string of the molecule is CCN[C@@H](COCC)[C@H](O)c1ccc(OC)cc1. The smallest absolute Gasteiger partial charge is 0.118 e. The number of hydrogen-bond donors (Lipinski definition) is 2. The molecule has 1 aromatic rings. The number of methoxy groups -OCH3 is 1. The molecule has 0 heterocycles. The number of likely N-dealkylation sites (N-methyl/N-ethyl adjacent to an activating group) is 1. The number of ether oxygens (including phenoxy) is 2. The van der Waals surface area contributed by atoms with Crippen molar-refractivity contribution in [1.82, 2.24) is 5.32 Å². The van der Waals surface area contributed by atoms with Crippen LogP contribution in [0.5, 0.6) is 5.75 Å². The van der Waals surface area contributed by atoms with Crippen molar-refractivity contribution < 1.29 is 14.6 Å². The molecule has 0 bridgehead atoms. The van der Waals surface area contributed by atoms with Crippen LogP contribution >= 0.6 is 0 Å². The number of aliphatic hydroxyl groups is 1. The minimum atomic E-state index is -0.581. The Morgan fingerprint density at radius 1 is 1.22 bits per heavy atom. The summed E-state index contributed by atoms with van der Waals surface area (Å²) in [6, 6.07) is 7.35. The lowest BCUT2D eigenvalue weighted by Gasteiger charge is -2.24. The second kappa shape index (κ2) is 8.08. The van der Waals surface area contributed by atoms with Crippen LogP contribution in [0.3, 0.4) is 0 Å². The van der Waals surface area contributed by atoms with Crippen molar-refractivity contribution in [3.8, 4) is 5.75 Å². The molecule has 18 heavy (non-hydrogen) atoms. The predicted molar refractivity (Wildman–Crippen MR) is 71.9 cm³/mol. The Labute approximate surface area is 109 Å². The molecule has 2 atom stereocenters. The van der Waals surface area contributed by atoms with Gasteiger partial charge < -0.3 is 19.9 Å². The molecule has 1 rings (SSSR count). The van der Waals surface area contributed by atoms with Crippen molar-refractivity contribution in [3.05, 3.63) is 29.8 Å².